The highest BCUT2D eigenvalue weighted by Gasteiger charge is 2.12. The number of esters is 1. The monoisotopic (exact) mass is 466 g/mol. The zero-order chi connectivity index (χ0) is 24.4. The number of hydrogen-bond donors (Lipinski definition) is 0. The highest BCUT2D eigenvalue weighted by Crippen LogP contribution is 2.25. The van der Waals surface area contributed by atoms with Crippen LogP contribution in [0.25, 0.3) is 11.1 Å². The minimum absolute atomic E-state index is 0.0878. The van der Waals surface area contributed by atoms with Crippen molar-refractivity contribution in [1.29, 1.82) is 0 Å². The molecule has 0 amide bonds. The van der Waals surface area contributed by atoms with Gasteiger partial charge in [-0.2, -0.15) is 0 Å². The van der Waals surface area contributed by atoms with E-state index in [0.717, 1.165) is 35.3 Å². The average Bonchev–Trinajstić information content (AvgIpc) is 2.85. The fourth-order valence-corrected chi connectivity index (χ4v) is 4.29. The van der Waals surface area contributed by atoms with Crippen molar-refractivity contribution in [2.24, 2.45) is 0 Å². The fourth-order valence-electron chi connectivity index (χ4n) is 4.29. The number of ether oxygens (including phenoxy) is 2. The van der Waals surface area contributed by atoms with Crippen LogP contribution in [0.15, 0.2) is 48.5 Å². The van der Waals surface area contributed by atoms with Crippen LogP contribution >= 0.6 is 0 Å². The molecule has 0 radical (unpaired) electrons. The lowest BCUT2D eigenvalue weighted by molar-refractivity contribution is -0.148. The molecular formula is C31H46O3. The Hall–Kier alpha value is -2.29. The zero-order valence-corrected chi connectivity index (χ0v) is 21.8. The molecule has 3 nitrogen and oxygen atoms in total. The topological polar surface area (TPSA) is 35.5 Å². The summed E-state index contributed by atoms with van der Waals surface area (Å²) in [4.78, 5) is 12.2. The van der Waals surface area contributed by atoms with Gasteiger partial charge in [0, 0.05) is 6.42 Å². The van der Waals surface area contributed by atoms with Crippen LogP contribution in [-0.2, 0) is 9.53 Å². The van der Waals surface area contributed by atoms with E-state index < -0.39 is 0 Å². The van der Waals surface area contributed by atoms with Crippen molar-refractivity contribution in [2.45, 2.75) is 110 Å². The second-order valence-corrected chi connectivity index (χ2v) is 9.35. The summed E-state index contributed by atoms with van der Waals surface area (Å²) in [6, 6.07) is 16.4. The van der Waals surface area contributed by atoms with Gasteiger partial charge in [-0.05, 0) is 49.1 Å². The third-order valence-corrected chi connectivity index (χ3v) is 6.42. The summed E-state index contributed by atoms with van der Waals surface area (Å²) in [5.74, 6) is 0.798. The first kappa shape index (κ1) is 28.0. The van der Waals surface area contributed by atoms with Gasteiger partial charge in [0.2, 0.25) is 0 Å². The van der Waals surface area contributed by atoms with E-state index in [1.54, 1.807) is 0 Å². The van der Waals surface area contributed by atoms with Crippen LogP contribution in [0.5, 0.6) is 5.75 Å². The number of hydrogen-bond acceptors (Lipinski definition) is 3. The summed E-state index contributed by atoms with van der Waals surface area (Å²) in [7, 11) is 0. The maximum atomic E-state index is 12.2. The lowest BCUT2D eigenvalue weighted by atomic mass is 10.0. The number of rotatable bonds is 18. The number of benzene rings is 2. The quantitative estimate of drug-likeness (QED) is 0.162. The molecule has 3 heteroatoms. The molecule has 0 aliphatic rings. The Labute approximate surface area is 208 Å². The molecule has 0 N–H and O–H groups in total. The molecule has 1 atom stereocenters. The molecule has 0 spiro atoms. The first-order chi connectivity index (χ1) is 16.6. The molecule has 0 fully saturated rings. The summed E-state index contributed by atoms with van der Waals surface area (Å²) in [5.41, 5.74) is 3.31. The third-order valence-electron chi connectivity index (χ3n) is 6.42. The van der Waals surface area contributed by atoms with Gasteiger partial charge in [0.25, 0.3) is 0 Å². The van der Waals surface area contributed by atoms with Crippen molar-refractivity contribution in [3.63, 3.8) is 0 Å². The Morgan fingerprint density at radius 3 is 1.65 bits per heavy atom. The maximum absolute atomic E-state index is 12.2. The third kappa shape index (κ3) is 11.2. The summed E-state index contributed by atoms with van der Waals surface area (Å²) in [6.07, 6.45) is 15.9. The molecule has 0 saturated heterocycles. The van der Waals surface area contributed by atoms with Crippen LogP contribution in [-0.4, -0.2) is 12.6 Å². The molecule has 2 aromatic carbocycles. The lowest BCUT2D eigenvalue weighted by Crippen LogP contribution is -2.08. The molecule has 0 heterocycles. The molecule has 0 saturated carbocycles. The van der Waals surface area contributed by atoms with Crippen molar-refractivity contribution in [3.05, 3.63) is 54.1 Å². The number of carbonyl (C=O) groups is 1. The van der Waals surface area contributed by atoms with Gasteiger partial charge in [0.15, 0.2) is 0 Å². The van der Waals surface area contributed by atoms with E-state index >= 15 is 0 Å². The predicted octanol–water partition coefficient (Wildman–Crippen LogP) is 9.45. The zero-order valence-electron chi connectivity index (χ0n) is 21.8. The van der Waals surface area contributed by atoms with E-state index in [-0.39, 0.29) is 12.1 Å². The van der Waals surface area contributed by atoms with E-state index in [1.165, 1.54) is 64.2 Å². The molecule has 2 rings (SSSR count). The SMILES string of the molecule is CCCCCCCCCCCCCCC(=O)OC(C)c1ccc(-c2ccc(OCC)cc2)cc1. The van der Waals surface area contributed by atoms with Gasteiger partial charge in [0.1, 0.15) is 11.9 Å². The molecule has 0 bridgehead atoms. The maximum Gasteiger partial charge on any atom is 0.306 e. The summed E-state index contributed by atoms with van der Waals surface area (Å²) >= 11 is 0. The van der Waals surface area contributed by atoms with E-state index in [4.69, 9.17) is 9.47 Å². The molecule has 1 unspecified atom stereocenters. The van der Waals surface area contributed by atoms with Crippen molar-refractivity contribution in [1.82, 2.24) is 0 Å². The van der Waals surface area contributed by atoms with Crippen LogP contribution in [0.3, 0.4) is 0 Å². The Bertz CT molecular complexity index is 779. The van der Waals surface area contributed by atoms with Gasteiger partial charge in [-0.3, -0.25) is 4.79 Å². The van der Waals surface area contributed by atoms with Gasteiger partial charge < -0.3 is 9.47 Å². The minimum Gasteiger partial charge on any atom is -0.494 e. The largest absolute Gasteiger partial charge is 0.494 e. The van der Waals surface area contributed by atoms with E-state index in [2.05, 4.69) is 31.2 Å². The fraction of sp³-hybridized carbons (Fsp3) is 0.581. The van der Waals surface area contributed by atoms with Gasteiger partial charge >= 0.3 is 5.97 Å². The summed E-state index contributed by atoms with van der Waals surface area (Å²) in [5, 5.41) is 0. The second kappa shape index (κ2) is 17.2. The van der Waals surface area contributed by atoms with E-state index in [0.29, 0.717) is 13.0 Å². The number of unbranched alkanes of at least 4 members (excludes halogenated alkanes) is 11. The molecule has 0 aromatic heterocycles. The van der Waals surface area contributed by atoms with Crippen LogP contribution in [0, 0.1) is 0 Å². The first-order valence-corrected chi connectivity index (χ1v) is 13.7. The Morgan fingerprint density at radius 2 is 1.15 bits per heavy atom. The molecule has 34 heavy (non-hydrogen) atoms. The van der Waals surface area contributed by atoms with Crippen LogP contribution in [0.1, 0.15) is 116 Å². The summed E-state index contributed by atoms with van der Waals surface area (Å²) in [6.45, 7) is 6.87. The van der Waals surface area contributed by atoms with E-state index in [9.17, 15) is 4.79 Å². The van der Waals surface area contributed by atoms with Crippen LogP contribution < -0.4 is 4.74 Å². The summed E-state index contributed by atoms with van der Waals surface area (Å²) < 4.78 is 11.2. The van der Waals surface area contributed by atoms with Crippen LogP contribution in [0.4, 0.5) is 0 Å². The highest BCUT2D eigenvalue weighted by molar-refractivity contribution is 5.69. The van der Waals surface area contributed by atoms with Crippen LogP contribution in [0.2, 0.25) is 0 Å². The Kier molecular flexibility index (Phi) is 14.1. The average molecular weight is 467 g/mol. The smallest absolute Gasteiger partial charge is 0.306 e. The Balaban J connectivity index is 1.58. The predicted molar refractivity (Wildman–Crippen MR) is 143 cm³/mol. The second-order valence-electron chi connectivity index (χ2n) is 9.35. The standard InChI is InChI=1S/C31H46O3/c1-4-6-7-8-9-10-11-12-13-14-15-16-17-31(32)34-26(3)27-18-20-28(21-19-27)29-22-24-30(25-23-29)33-5-2/h18-26H,4-17H2,1-3H3. The molecule has 0 aliphatic carbocycles. The first-order valence-electron chi connectivity index (χ1n) is 13.7. The molecular weight excluding hydrogens is 420 g/mol. The van der Waals surface area contributed by atoms with Gasteiger partial charge in [0.05, 0.1) is 6.61 Å². The molecule has 188 valence electrons. The minimum atomic E-state index is -0.223. The lowest BCUT2D eigenvalue weighted by Gasteiger charge is -2.14. The number of carbonyl (C=O) groups excluding carboxylic acids is 1. The van der Waals surface area contributed by atoms with Crippen molar-refractivity contribution >= 4 is 5.97 Å². The van der Waals surface area contributed by atoms with E-state index in [1.807, 2.05) is 38.1 Å². The van der Waals surface area contributed by atoms with Crippen molar-refractivity contribution in [3.8, 4) is 16.9 Å². The normalized spacial score (nSPS) is 11.9. The highest BCUT2D eigenvalue weighted by atomic mass is 16.5. The van der Waals surface area contributed by atoms with Crippen molar-refractivity contribution in [2.75, 3.05) is 6.61 Å². The molecule has 2 aromatic rings. The van der Waals surface area contributed by atoms with Gasteiger partial charge in [-0.15, -0.1) is 0 Å². The molecule has 0 aliphatic heterocycles. The van der Waals surface area contributed by atoms with Crippen molar-refractivity contribution < 1.29 is 14.3 Å². The van der Waals surface area contributed by atoms with Gasteiger partial charge in [-0.25, -0.2) is 0 Å². The van der Waals surface area contributed by atoms with Gasteiger partial charge in [-0.1, -0.05) is 114 Å². The Morgan fingerprint density at radius 1 is 0.676 bits per heavy atom.